The second kappa shape index (κ2) is 12.0. The van der Waals surface area contributed by atoms with E-state index in [1.165, 1.54) is 0 Å². The van der Waals surface area contributed by atoms with E-state index in [1.54, 1.807) is 0 Å². The normalized spacial score (nSPS) is 18.5. The molecule has 2 unspecified atom stereocenters. The molecule has 27 heavy (non-hydrogen) atoms. The van der Waals surface area contributed by atoms with Crippen LogP contribution in [0.5, 0.6) is 0 Å². The highest BCUT2D eigenvalue weighted by Crippen LogP contribution is 2.16. The summed E-state index contributed by atoms with van der Waals surface area (Å²) in [6.45, 7) is 11.7. The smallest absolute Gasteiger partial charge is 0.245 e. The lowest BCUT2D eigenvalue weighted by molar-refractivity contribution is -0.145. The van der Waals surface area contributed by atoms with Crippen LogP contribution in [0.25, 0.3) is 0 Å². The van der Waals surface area contributed by atoms with Gasteiger partial charge in [-0.15, -0.1) is 0 Å². The molecule has 2 atom stereocenters. The van der Waals surface area contributed by atoms with Gasteiger partial charge in [-0.25, -0.2) is 0 Å². The van der Waals surface area contributed by atoms with Gasteiger partial charge in [-0.1, -0.05) is 47.0 Å². The topological polar surface area (TPSA) is 69.7 Å². The highest BCUT2D eigenvalue weighted by Gasteiger charge is 2.34. The second-order valence-electron chi connectivity index (χ2n) is 8.07. The van der Waals surface area contributed by atoms with E-state index in [1.807, 2.05) is 30.6 Å². The lowest BCUT2D eigenvalue weighted by Gasteiger charge is -2.41. The molecule has 1 fully saturated rings. The first-order valence-electron chi connectivity index (χ1n) is 10.7. The standard InChI is InChI=1S/C21H39N3O3/c1-6-8-10-11-18(25)22-20(16(3)4)21(27)23-13-14-24(17(5)15-23)19(26)12-9-7-2/h16-17,20H,6-15H2,1-5H3,(H,22,25). The molecule has 1 aliphatic heterocycles. The van der Waals surface area contributed by atoms with E-state index < -0.39 is 6.04 Å². The van der Waals surface area contributed by atoms with Crippen molar-refractivity contribution >= 4 is 17.7 Å². The minimum Gasteiger partial charge on any atom is -0.344 e. The Kier molecular flexibility index (Phi) is 10.4. The lowest BCUT2D eigenvalue weighted by Crippen LogP contribution is -2.59. The van der Waals surface area contributed by atoms with Crippen LogP contribution < -0.4 is 5.32 Å². The number of carbonyl (C=O) groups is 3. The summed E-state index contributed by atoms with van der Waals surface area (Å²) in [5, 5.41) is 2.94. The predicted octanol–water partition coefficient (Wildman–Crippen LogP) is 2.96. The van der Waals surface area contributed by atoms with E-state index in [-0.39, 0.29) is 29.7 Å². The largest absolute Gasteiger partial charge is 0.344 e. The number of unbranched alkanes of at least 4 members (excludes halogenated alkanes) is 3. The van der Waals surface area contributed by atoms with Gasteiger partial charge in [-0.3, -0.25) is 14.4 Å². The number of hydrogen-bond donors (Lipinski definition) is 1. The zero-order valence-electron chi connectivity index (χ0n) is 17.9. The van der Waals surface area contributed by atoms with E-state index in [2.05, 4.69) is 19.2 Å². The number of amides is 3. The molecule has 0 aliphatic carbocycles. The maximum Gasteiger partial charge on any atom is 0.245 e. The molecule has 1 saturated heterocycles. The first-order valence-corrected chi connectivity index (χ1v) is 10.7. The summed E-state index contributed by atoms with van der Waals surface area (Å²) in [6.07, 6.45) is 5.92. The summed E-state index contributed by atoms with van der Waals surface area (Å²) in [5.74, 6) is 0.145. The van der Waals surface area contributed by atoms with Gasteiger partial charge in [0.15, 0.2) is 0 Å². The molecule has 0 saturated carbocycles. The summed E-state index contributed by atoms with van der Waals surface area (Å²) in [4.78, 5) is 41.2. The number of nitrogens with zero attached hydrogens (tertiary/aromatic N) is 2. The molecule has 6 heteroatoms. The van der Waals surface area contributed by atoms with Crippen molar-refractivity contribution in [3.63, 3.8) is 0 Å². The van der Waals surface area contributed by atoms with Crippen molar-refractivity contribution in [2.24, 2.45) is 5.92 Å². The molecule has 1 aliphatic rings. The van der Waals surface area contributed by atoms with Crippen LogP contribution in [0.15, 0.2) is 0 Å². The molecular formula is C21H39N3O3. The van der Waals surface area contributed by atoms with Crippen LogP contribution in [0.2, 0.25) is 0 Å². The quantitative estimate of drug-likeness (QED) is 0.592. The highest BCUT2D eigenvalue weighted by molar-refractivity contribution is 5.88. The van der Waals surface area contributed by atoms with Crippen molar-refractivity contribution in [2.45, 2.75) is 91.6 Å². The molecule has 0 aromatic carbocycles. The Bertz CT molecular complexity index is 493. The Morgan fingerprint density at radius 2 is 1.67 bits per heavy atom. The molecule has 156 valence electrons. The molecule has 0 bridgehead atoms. The van der Waals surface area contributed by atoms with Crippen LogP contribution in [0.3, 0.4) is 0 Å². The number of nitrogens with one attached hydrogen (secondary N) is 1. The van der Waals surface area contributed by atoms with Crippen molar-refractivity contribution in [1.29, 1.82) is 0 Å². The average molecular weight is 382 g/mol. The van der Waals surface area contributed by atoms with Gasteiger partial charge in [0.25, 0.3) is 0 Å². The predicted molar refractivity (Wildman–Crippen MR) is 108 cm³/mol. The number of carbonyl (C=O) groups excluding carboxylic acids is 3. The first-order chi connectivity index (χ1) is 12.8. The molecule has 0 radical (unpaired) electrons. The van der Waals surface area contributed by atoms with Crippen LogP contribution in [-0.4, -0.2) is 59.2 Å². The van der Waals surface area contributed by atoms with Crippen LogP contribution in [0.4, 0.5) is 0 Å². The van der Waals surface area contributed by atoms with Gasteiger partial charge >= 0.3 is 0 Å². The third kappa shape index (κ3) is 7.51. The van der Waals surface area contributed by atoms with Gasteiger partial charge in [0.2, 0.25) is 17.7 Å². The molecule has 0 aromatic rings. The SMILES string of the molecule is CCCCCC(=O)NC(C(=O)N1CCN(C(=O)CCCC)C(C)C1)C(C)C. The van der Waals surface area contributed by atoms with Crippen LogP contribution >= 0.6 is 0 Å². The lowest BCUT2D eigenvalue weighted by atomic mass is 10.0. The number of piperazine rings is 1. The van der Waals surface area contributed by atoms with Crippen molar-refractivity contribution in [2.75, 3.05) is 19.6 Å². The van der Waals surface area contributed by atoms with E-state index in [0.717, 1.165) is 32.1 Å². The fourth-order valence-electron chi connectivity index (χ4n) is 3.49. The summed E-state index contributed by atoms with van der Waals surface area (Å²) >= 11 is 0. The number of rotatable bonds is 10. The van der Waals surface area contributed by atoms with Gasteiger partial charge in [0, 0.05) is 38.5 Å². The highest BCUT2D eigenvalue weighted by atomic mass is 16.2. The van der Waals surface area contributed by atoms with E-state index in [4.69, 9.17) is 0 Å². The monoisotopic (exact) mass is 381 g/mol. The van der Waals surface area contributed by atoms with Gasteiger partial charge in [-0.05, 0) is 25.7 Å². The van der Waals surface area contributed by atoms with Gasteiger partial charge in [0.05, 0.1) is 0 Å². The number of hydrogen-bond acceptors (Lipinski definition) is 3. The molecule has 0 spiro atoms. The first kappa shape index (κ1) is 23.4. The zero-order chi connectivity index (χ0) is 20.4. The molecule has 1 rings (SSSR count). The maximum atomic E-state index is 13.0. The fourth-order valence-corrected chi connectivity index (χ4v) is 3.49. The van der Waals surface area contributed by atoms with E-state index in [0.29, 0.717) is 32.5 Å². The molecule has 1 heterocycles. The Hall–Kier alpha value is -1.59. The van der Waals surface area contributed by atoms with Gasteiger partial charge in [0.1, 0.15) is 6.04 Å². The average Bonchev–Trinajstić information content (AvgIpc) is 2.63. The van der Waals surface area contributed by atoms with Crippen LogP contribution in [0, 0.1) is 5.92 Å². The summed E-state index contributed by atoms with van der Waals surface area (Å²) in [5.41, 5.74) is 0. The van der Waals surface area contributed by atoms with Crippen molar-refractivity contribution in [1.82, 2.24) is 15.1 Å². The third-order valence-electron chi connectivity index (χ3n) is 5.26. The summed E-state index contributed by atoms with van der Waals surface area (Å²) < 4.78 is 0. The van der Waals surface area contributed by atoms with Crippen LogP contribution in [-0.2, 0) is 14.4 Å². The van der Waals surface area contributed by atoms with Crippen LogP contribution in [0.1, 0.15) is 79.6 Å². The fraction of sp³-hybridized carbons (Fsp3) is 0.857. The zero-order valence-corrected chi connectivity index (χ0v) is 17.9. The van der Waals surface area contributed by atoms with E-state index in [9.17, 15) is 14.4 Å². The Morgan fingerprint density at radius 3 is 2.22 bits per heavy atom. The molecule has 6 nitrogen and oxygen atoms in total. The second-order valence-corrected chi connectivity index (χ2v) is 8.07. The summed E-state index contributed by atoms with van der Waals surface area (Å²) in [7, 11) is 0. The Morgan fingerprint density at radius 1 is 1.00 bits per heavy atom. The maximum absolute atomic E-state index is 13.0. The Labute approximate surface area is 165 Å². The van der Waals surface area contributed by atoms with E-state index >= 15 is 0 Å². The molecular weight excluding hydrogens is 342 g/mol. The van der Waals surface area contributed by atoms with Crippen molar-refractivity contribution in [3.8, 4) is 0 Å². The van der Waals surface area contributed by atoms with Crippen molar-refractivity contribution < 1.29 is 14.4 Å². The minimum atomic E-state index is -0.492. The minimum absolute atomic E-state index is 0.0140. The van der Waals surface area contributed by atoms with Gasteiger partial charge in [-0.2, -0.15) is 0 Å². The van der Waals surface area contributed by atoms with Gasteiger partial charge < -0.3 is 15.1 Å². The molecule has 0 aromatic heterocycles. The molecule has 3 amide bonds. The third-order valence-corrected chi connectivity index (χ3v) is 5.26. The molecule has 1 N–H and O–H groups in total. The Balaban J connectivity index is 2.62. The van der Waals surface area contributed by atoms with Crippen molar-refractivity contribution in [3.05, 3.63) is 0 Å². The summed E-state index contributed by atoms with van der Waals surface area (Å²) in [6, 6.07) is -0.478.